The molecular formula is C17H16F2N2O3. The number of carbonyl (C=O) groups excluding carboxylic acids is 1. The molecule has 0 radical (unpaired) electrons. The van der Waals surface area contributed by atoms with Gasteiger partial charge in [-0.1, -0.05) is 11.2 Å². The maximum Gasteiger partial charge on any atom is 0.293 e. The highest BCUT2D eigenvalue weighted by Crippen LogP contribution is 2.40. The molecule has 1 N–H and O–H groups in total. The number of halogens is 2. The Labute approximate surface area is 136 Å². The SMILES string of the molecule is O=C(c1cc(C2CC2)no1)N1C[C@H](O)C[C@@H]1c1ccc(F)c(F)c1. The highest BCUT2D eigenvalue weighted by atomic mass is 19.2. The topological polar surface area (TPSA) is 66.6 Å². The van der Waals surface area contributed by atoms with Gasteiger partial charge < -0.3 is 14.5 Å². The summed E-state index contributed by atoms with van der Waals surface area (Å²) in [6, 6.07) is 4.62. The van der Waals surface area contributed by atoms with Gasteiger partial charge in [-0.25, -0.2) is 8.78 Å². The van der Waals surface area contributed by atoms with Gasteiger partial charge in [-0.2, -0.15) is 0 Å². The summed E-state index contributed by atoms with van der Waals surface area (Å²) in [6.45, 7) is 0.113. The van der Waals surface area contributed by atoms with E-state index in [1.54, 1.807) is 6.07 Å². The van der Waals surface area contributed by atoms with E-state index in [4.69, 9.17) is 4.52 Å². The van der Waals surface area contributed by atoms with E-state index in [0.29, 0.717) is 11.5 Å². The average Bonchev–Trinajstić information content (AvgIpc) is 3.16. The molecule has 1 aromatic carbocycles. The first-order valence-electron chi connectivity index (χ1n) is 7.93. The molecule has 0 unspecified atom stereocenters. The highest BCUT2D eigenvalue weighted by molar-refractivity contribution is 5.92. The lowest BCUT2D eigenvalue weighted by Gasteiger charge is -2.23. The van der Waals surface area contributed by atoms with Crippen LogP contribution >= 0.6 is 0 Å². The second-order valence-electron chi connectivity index (χ2n) is 6.43. The van der Waals surface area contributed by atoms with Crippen molar-refractivity contribution >= 4 is 5.91 Å². The normalized spacial score (nSPS) is 23.7. The molecule has 24 heavy (non-hydrogen) atoms. The van der Waals surface area contributed by atoms with Gasteiger partial charge in [0.2, 0.25) is 5.76 Å². The summed E-state index contributed by atoms with van der Waals surface area (Å²) in [5, 5.41) is 13.9. The third-order valence-corrected chi connectivity index (χ3v) is 4.60. The number of rotatable bonds is 3. The average molecular weight is 334 g/mol. The fraction of sp³-hybridized carbons (Fsp3) is 0.412. The molecule has 1 aliphatic carbocycles. The predicted molar refractivity (Wildman–Crippen MR) is 79.2 cm³/mol. The van der Waals surface area contributed by atoms with Gasteiger partial charge in [-0.05, 0) is 37.0 Å². The van der Waals surface area contributed by atoms with Gasteiger partial charge in [0.05, 0.1) is 17.8 Å². The molecule has 1 saturated carbocycles. The molecule has 1 amide bonds. The third-order valence-electron chi connectivity index (χ3n) is 4.60. The minimum Gasteiger partial charge on any atom is -0.391 e. The number of likely N-dealkylation sites (tertiary alicyclic amines) is 1. The van der Waals surface area contributed by atoms with Gasteiger partial charge in [-0.15, -0.1) is 0 Å². The zero-order chi connectivity index (χ0) is 16.8. The van der Waals surface area contributed by atoms with Crippen LogP contribution in [0.4, 0.5) is 8.78 Å². The van der Waals surface area contributed by atoms with E-state index < -0.39 is 29.7 Å². The molecule has 1 aromatic heterocycles. The van der Waals surface area contributed by atoms with Crippen LogP contribution in [0.15, 0.2) is 28.8 Å². The molecule has 2 atom stereocenters. The van der Waals surface area contributed by atoms with Crippen LogP contribution in [0.25, 0.3) is 0 Å². The Morgan fingerprint density at radius 2 is 2.04 bits per heavy atom. The molecule has 1 aliphatic heterocycles. The molecule has 7 heteroatoms. The van der Waals surface area contributed by atoms with Crippen molar-refractivity contribution in [1.82, 2.24) is 10.1 Å². The number of β-amino-alcohol motifs (C(OH)–C–C–N with tert-alkyl or cyclic N) is 1. The first kappa shape index (κ1) is 15.3. The number of aliphatic hydroxyl groups is 1. The Morgan fingerprint density at radius 3 is 2.75 bits per heavy atom. The summed E-state index contributed by atoms with van der Waals surface area (Å²) >= 11 is 0. The van der Waals surface area contributed by atoms with Crippen molar-refractivity contribution in [1.29, 1.82) is 0 Å². The van der Waals surface area contributed by atoms with Crippen molar-refractivity contribution in [3.63, 3.8) is 0 Å². The Bertz CT molecular complexity index is 788. The number of carbonyl (C=O) groups is 1. The summed E-state index contributed by atoms with van der Waals surface area (Å²) in [4.78, 5) is 14.1. The lowest BCUT2D eigenvalue weighted by atomic mass is 10.0. The quantitative estimate of drug-likeness (QED) is 0.937. The Kier molecular flexibility index (Phi) is 3.60. The molecule has 0 bridgehead atoms. The first-order valence-corrected chi connectivity index (χ1v) is 7.93. The molecule has 1 saturated heterocycles. The summed E-state index contributed by atoms with van der Waals surface area (Å²) in [5.74, 6) is -1.85. The highest BCUT2D eigenvalue weighted by Gasteiger charge is 2.38. The zero-order valence-corrected chi connectivity index (χ0v) is 12.8. The monoisotopic (exact) mass is 334 g/mol. The van der Waals surface area contributed by atoms with E-state index in [0.717, 1.165) is 30.7 Å². The van der Waals surface area contributed by atoms with E-state index in [1.807, 2.05) is 0 Å². The summed E-state index contributed by atoms with van der Waals surface area (Å²) in [5.41, 5.74) is 1.21. The van der Waals surface area contributed by atoms with Crippen LogP contribution < -0.4 is 0 Å². The van der Waals surface area contributed by atoms with Crippen LogP contribution in [-0.4, -0.2) is 33.7 Å². The number of nitrogens with zero attached hydrogens (tertiary/aromatic N) is 2. The fourth-order valence-electron chi connectivity index (χ4n) is 3.18. The van der Waals surface area contributed by atoms with Crippen LogP contribution in [0, 0.1) is 11.6 Å². The van der Waals surface area contributed by atoms with Crippen molar-refractivity contribution in [3.8, 4) is 0 Å². The number of aromatic nitrogens is 1. The largest absolute Gasteiger partial charge is 0.391 e. The van der Waals surface area contributed by atoms with Crippen molar-refractivity contribution in [3.05, 3.63) is 52.9 Å². The van der Waals surface area contributed by atoms with Crippen LogP contribution in [0.2, 0.25) is 0 Å². The van der Waals surface area contributed by atoms with Gasteiger partial charge in [0, 0.05) is 18.5 Å². The Balaban J connectivity index is 1.61. The minimum atomic E-state index is -0.975. The van der Waals surface area contributed by atoms with Crippen molar-refractivity contribution < 1.29 is 23.2 Å². The van der Waals surface area contributed by atoms with Gasteiger partial charge >= 0.3 is 0 Å². The Morgan fingerprint density at radius 1 is 1.25 bits per heavy atom. The Hall–Kier alpha value is -2.28. The smallest absolute Gasteiger partial charge is 0.293 e. The molecule has 2 heterocycles. The van der Waals surface area contributed by atoms with Gasteiger partial charge in [0.15, 0.2) is 11.6 Å². The summed E-state index contributed by atoms with van der Waals surface area (Å²) < 4.78 is 31.8. The number of amides is 1. The second-order valence-corrected chi connectivity index (χ2v) is 6.43. The van der Waals surface area contributed by atoms with Crippen molar-refractivity contribution in [2.24, 2.45) is 0 Å². The van der Waals surface area contributed by atoms with Crippen LogP contribution in [-0.2, 0) is 0 Å². The maximum atomic E-state index is 13.5. The molecule has 5 nitrogen and oxygen atoms in total. The number of hydrogen-bond donors (Lipinski definition) is 1. The molecule has 2 aliphatic rings. The standard InChI is InChI=1S/C17H16F2N2O3/c18-12-4-3-10(5-13(12)19)15-6-11(22)8-21(15)17(23)16-7-14(20-24-16)9-1-2-9/h3-5,7,9,11,15,22H,1-2,6,8H2/t11-,15-/m1/s1. The molecule has 4 rings (SSSR count). The second kappa shape index (κ2) is 5.66. The van der Waals surface area contributed by atoms with Crippen LogP contribution in [0.5, 0.6) is 0 Å². The predicted octanol–water partition coefficient (Wildman–Crippen LogP) is 2.78. The lowest BCUT2D eigenvalue weighted by Crippen LogP contribution is -2.31. The van der Waals surface area contributed by atoms with Crippen molar-refractivity contribution in [2.45, 2.75) is 37.3 Å². The summed E-state index contributed by atoms with van der Waals surface area (Å²) in [7, 11) is 0. The molecule has 126 valence electrons. The molecule has 2 fully saturated rings. The zero-order valence-electron chi connectivity index (χ0n) is 12.8. The van der Waals surface area contributed by atoms with E-state index in [1.165, 1.54) is 11.0 Å². The molecular weight excluding hydrogens is 318 g/mol. The van der Waals surface area contributed by atoms with Crippen LogP contribution in [0.1, 0.15) is 53.0 Å². The minimum absolute atomic E-state index is 0.110. The van der Waals surface area contributed by atoms with E-state index in [9.17, 15) is 18.7 Å². The maximum absolute atomic E-state index is 13.5. The first-order chi connectivity index (χ1) is 11.5. The van der Waals surface area contributed by atoms with E-state index >= 15 is 0 Å². The lowest BCUT2D eigenvalue weighted by molar-refractivity contribution is 0.0673. The van der Waals surface area contributed by atoms with E-state index in [2.05, 4.69) is 5.16 Å². The number of aliphatic hydroxyl groups excluding tert-OH is 1. The number of benzene rings is 1. The van der Waals surface area contributed by atoms with Crippen molar-refractivity contribution in [2.75, 3.05) is 6.54 Å². The van der Waals surface area contributed by atoms with Crippen LogP contribution in [0.3, 0.4) is 0 Å². The number of hydrogen-bond acceptors (Lipinski definition) is 4. The third kappa shape index (κ3) is 2.69. The summed E-state index contributed by atoms with van der Waals surface area (Å²) in [6.07, 6.45) is 1.62. The van der Waals surface area contributed by atoms with Gasteiger partial charge in [0.25, 0.3) is 5.91 Å². The fourth-order valence-corrected chi connectivity index (χ4v) is 3.18. The van der Waals surface area contributed by atoms with Gasteiger partial charge in [0.1, 0.15) is 0 Å². The van der Waals surface area contributed by atoms with E-state index in [-0.39, 0.29) is 18.7 Å². The molecule has 0 spiro atoms. The van der Waals surface area contributed by atoms with Gasteiger partial charge in [-0.3, -0.25) is 4.79 Å². The molecule has 2 aromatic rings.